The van der Waals surface area contributed by atoms with Crippen molar-refractivity contribution in [1.29, 1.82) is 0 Å². The fourth-order valence-electron chi connectivity index (χ4n) is 1.68. The van der Waals surface area contributed by atoms with Gasteiger partial charge < -0.3 is 0 Å². The van der Waals surface area contributed by atoms with Gasteiger partial charge in [-0.15, -0.1) is 0 Å². The number of hydrogen-bond donors (Lipinski definition) is 0. The van der Waals surface area contributed by atoms with Gasteiger partial charge in [0.2, 0.25) is 0 Å². The van der Waals surface area contributed by atoms with Crippen molar-refractivity contribution in [1.82, 2.24) is 4.90 Å². The van der Waals surface area contributed by atoms with Crippen molar-refractivity contribution in [2.24, 2.45) is 0 Å². The number of benzene rings is 1. The fourth-order valence-corrected chi connectivity index (χ4v) is 2.04. The first-order valence-corrected chi connectivity index (χ1v) is 5.85. The highest BCUT2D eigenvalue weighted by Gasteiger charge is 2.20. The molecule has 0 radical (unpaired) electrons. The summed E-state index contributed by atoms with van der Waals surface area (Å²) in [7, 11) is 0. The third-order valence-electron chi connectivity index (χ3n) is 2.79. The smallest absolute Gasteiger partial charge is 0.0319 e. The average Bonchev–Trinajstić information content (AvgIpc) is 2.02. The lowest BCUT2D eigenvalue weighted by molar-refractivity contribution is 0.128. The van der Waals surface area contributed by atoms with Crippen LogP contribution in [0.15, 0.2) is 24.3 Å². The van der Waals surface area contributed by atoms with Crippen LogP contribution >= 0.6 is 22.6 Å². The number of nitrogens with zero attached hydrogens (tertiary/aromatic N) is 1. The first kappa shape index (κ1) is 9.46. The molecular formula is C11H14IN. The summed E-state index contributed by atoms with van der Waals surface area (Å²) < 4.78 is 1.32. The first-order valence-electron chi connectivity index (χ1n) is 4.77. The second kappa shape index (κ2) is 3.96. The van der Waals surface area contributed by atoms with Crippen LogP contribution < -0.4 is 0 Å². The maximum atomic E-state index is 2.52. The summed E-state index contributed by atoms with van der Waals surface area (Å²) >= 11 is 2.35. The lowest BCUT2D eigenvalue weighted by Crippen LogP contribution is -2.38. The van der Waals surface area contributed by atoms with Crippen molar-refractivity contribution < 1.29 is 0 Å². The summed E-state index contributed by atoms with van der Waals surface area (Å²) in [6.45, 7) is 4.83. The molecule has 1 aromatic carbocycles. The monoisotopic (exact) mass is 287 g/mol. The van der Waals surface area contributed by atoms with E-state index < -0.39 is 0 Å². The van der Waals surface area contributed by atoms with Gasteiger partial charge in [0.05, 0.1) is 0 Å². The summed E-state index contributed by atoms with van der Waals surface area (Å²) in [4.78, 5) is 2.52. The van der Waals surface area contributed by atoms with Gasteiger partial charge in [-0.3, -0.25) is 4.90 Å². The highest BCUT2D eigenvalue weighted by molar-refractivity contribution is 14.1. The quantitative estimate of drug-likeness (QED) is 0.756. The van der Waals surface area contributed by atoms with Crippen LogP contribution in [0.25, 0.3) is 0 Å². The van der Waals surface area contributed by atoms with Crippen molar-refractivity contribution in [3.8, 4) is 0 Å². The van der Waals surface area contributed by atoms with Crippen LogP contribution in [-0.4, -0.2) is 18.0 Å². The molecule has 1 fully saturated rings. The summed E-state index contributed by atoms with van der Waals surface area (Å²) in [6, 6.07) is 9.46. The minimum Gasteiger partial charge on any atom is -0.297 e. The lowest BCUT2D eigenvalue weighted by Gasteiger charge is -2.36. The molecule has 0 amide bonds. The molecule has 2 heteroatoms. The van der Waals surface area contributed by atoms with Crippen LogP contribution in [0.2, 0.25) is 0 Å². The van der Waals surface area contributed by atoms with E-state index in [0.717, 1.165) is 0 Å². The zero-order valence-electron chi connectivity index (χ0n) is 7.83. The summed E-state index contributed by atoms with van der Waals surface area (Å²) in [6.07, 6.45) is 1.37. The predicted molar refractivity (Wildman–Crippen MR) is 63.8 cm³/mol. The van der Waals surface area contributed by atoms with Crippen LogP contribution in [0, 0.1) is 3.57 Å². The molecule has 1 aliphatic heterocycles. The van der Waals surface area contributed by atoms with Gasteiger partial charge >= 0.3 is 0 Å². The zero-order chi connectivity index (χ0) is 9.26. The number of likely N-dealkylation sites (tertiary alicyclic amines) is 1. The second-order valence-electron chi connectivity index (χ2n) is 3.62. The molecule has 0 aliphatic carbocycles. The van der Waals surface area contributed by atoms with Crippen molar-refractivity contribution in [2.45, 2.75) is 19.4 Å². The van der Waals surface area contributed by atoms with Crippen LogP contribution in [0.5, 0.6) is 0 Å². The topological polar surface area (TPSA) is 3.24 Å². The third kappa shape index (κ3) is 2.05. The predicted octanol–water partition coefficient (Wildman–Crippen LogP) is 3.06. The molecule has 1 heterocycles. The van der Waals surface area contributed by atoms with Gasteiger partial charge in [0, 0.05) is 9.61 Å². The Morgan fingerprint density at radius 2 is 1.85 bits per heavy atom. The Balaban J connectivity index is 2.10. The van der Waals surface area contributed by atoms with Gasteiger partial charge in [0.1, 0.15) is 0 Å². The first-order chi connectivity index (χ1) is 6.27. The van der Waals surface area contributed by atoms with Gasteiger partial charge in [0.15, 0.2) is 0 Å². The molecule has 1 unspecified atom stereocenters. The van der Waals surface area contributed by atoms with Crippen LogP contribution in [0.3, 0.4) is 0 Å². The summed E-state index contributed by atoms with van der Waals surface area (Å²) in [5, 5.41) is 0. The molecule has 0 aromatic heterocycles. The fraction of sp³-hybridized carbons (Fsp3) is 0.455. The number of hydrogen-bond acceptors (Lipinski definition) is 1. The highest BCUT2D eigenvalue weighted by Crippen LogP contribution is 2.25. The molecule has 0 saturated carbocycles. The molecule has 1 aliphatic rings. The Hall–Kier alpha value is -0.0900. The molecule has 2 rings (SSSR count). The molecule has 1 atom stereocenters. The number of rotatable bonds is 2. The maximum absolute atomic E-state index is 2.52. The standard InChI is InChI=1S/C11H14IN/c1-9(13-7-2-8-13)10-3-5-11(12)6-4-10/h3-6,9H,2,7-8H2,1H3. The van der Waals surface area contributed by atoms with E-state index in [0.29, 0.717) is 6.04 Å². The molecule has 0 bridgehead atoms. The molecular weight excluding hydrogens is 273 g/mol. The molecule has 0 spiro atoms. The van der Waals surface area contributed by atoms with E-state index in [1.165, 1.54) is 28.6 Å². The van der Waals surface area contributed by atoms with Crippen LogP contribution in [0.1, 0.15) is 24.9 Å². The van der Waals surface area contributed by atoms with Crippen molar-refractivity contribution in [2.75, 3.05) is 13.1 Å². The molecule has 70 valence electrons. The van der Waals surface area contributed by atoms with Gasteiger partial charge in [-0.1, -0.05) is 12.1 Å². The highest BCUT2D eigenvalue weighted by atomic mass is 127. The van der Waals surface area contributed by atoms with E-state index >= 15 is 0 Å². The van der Waals surface area contributed by atoms with E-state index in [2.05, 4.69) is 58.7 Å². The molecule has 1 nitrogen and oxygen atoms in total. The second-order valence-corrected chi connectivity index (χ2v) is 4.86. The Morgan fingerprint density at radius 3 is 2.31 bits per heavy atom. The van der Waals surface area contributed by atoms with E-state index in [1.54, 1.807) is 0 Å². The maximum Gasteiger partial charge on any atom is 0.0319 e. The molecule has 13 heavy (non-hydrogen) atoms. The summed E-state index contributed by atoms with van der Waals surface area (Å²) in [5.41, 5.74) is 1.44. The number of halogens is 1. The van der Waals surface area contributed by atoms with Gasteiger partial charge in [-0.05, 0) is 66.7 Å². The van der Waals surface area contributed by atoms with E-state index in [1.807, 2.05) is 0 Å². The molecule has 1 saturated heterocycles. The lowest BCUT2D eigenvalue weighted by atomic mass is 10.0. The Morgan fingerprint density at radius 1 is 1.23 bits per heavy atom. The third-order valence-corrected chi connectivity index (χ3v) is 3.51. The van der Waals surface area contributed by atoms with Gasteiger partial charge in [0.25, 0.3) is 0 Å². The molecule has 1 aromatic rings. The van der Waals surface area contributed by atoms with Gasteiger partial charge in [-0.2, -0.15) is 0 Å². The van der Waals surface area contributed by atoms with Crippen molar-refractivity contribution >= 4 is 22.6 Å². The van der Waals surface area contributed by atoms with E-state index in [-0.39, 0.29) is 0 Å². The van der Waals surface area contributed by atoms with E-state index in [9.17, 15) is 0 Å². The Labute approximate surface area is 93.3 Å². The minimum atomic E-state index is 0.603. The normalized spacial score (nSPS) is 19.5. The largest absolute Gasteiger partial charge is 0.297 e. The molecule has 0 N–H and O–H groups in total. The zero-order valence-corrected chi connectivity index (χ0v) is 9.99. The van der Waals surface area contributed by atoms with Crippen LogP contribution in [0.4, 0.5) is 0 Å². The van der Waals surface area contributed by atoms with Crippen molar-refractivity contribution in [3.05, 3.63) is 33.4 Å². The Bertz CT molecular complexity index is 277. The van der Waals surface area contributed by atoms with Crippen LogP contribution in [-0.2, 0) is 0 Å². The minimum absolute atomic E-state index is 0.603. The summed E-state index contributed by atoms with van der Waals surface area (Å²) in [5.74, 6) is 0. The SMILES string of the molecule is CC(c1ccc(I)cc1)N1CCC1. The van der Waals surface area contributed by atoms with Gasteiger partial charge in [-0.25, -0.2) is 0 Å². The van der Waals surface area contributed by atoms with E-state index in [4.69, 9.17) is 0 Å². The Kier molecular flexibility index (Phi) is 2.89. The average molecular weight is 287 g/mol. The van der Waals surface area contributed by atoms with Crippen molar-refractivity contribution in [3.63, 3.8) is 0 Å².